The van der Waals surface area contributed by atoms with Crippen LogP contribution in [-0.2, 0) is 6.42 Å². The molecule has 0 fully saturated rings. The van der Waals surface area contributed by atoms with Crippen LogP contribution in [0.25, 0.3) is 0 Å². The third-order valence-corrected chi connectivity index (χ3v) is 4.99. The molecule has 0 aromatic heterocycles. The first-order valence-corrected chi connectivity index (χ1v) is 9.69. The molecular formula is C24H24N2O2. The highest BCUT2D eigenvalue weighted by molar-refractivity contribution is 6.01. The summed E-state index contributed by atoms with van der Waals surface area (Å²) in [4.78, 5) is 15.2. The lowest BCUT2D eigenvalue weighted by Crippen LogP contribution is -2.44. The van der Waals surface area contributed by atoms with Gasteiger partial charge in [-0.05, 0) is 48.7 Å². The molecule has 0 radical (unpaired) electrons. The molecule has 4 rings (SSSR count). The van der Waals surface area contributed by atoms with E-state index < -0.39 is 0 Å². The van der Waals surface area contributed by atoms with E-state index in [2.05, 4.69) is 17.4 Å². The number of hydrogen-bond acceptors (Lipinski definition) is 3. The first-order valence-electron chi connectivity index (χ1n) is 9.69. The van der Waals surface area contributed by atoms with Gasteiger partial charge in [0, 0.05) is 12.2 Å². The summed E-state index contributed by atoms with van der Waals surface area (Å²) in [6.07, 6.45) is 0.574. The number of rotatable bonds is 6. The van der Waals surface area contributed by atoms with Crippen LogP contribution in [0.5, 0.6) is 5.75 Å². The minimum absolute atomic E-state index is 0.0529. The van der Waals surface area contributed by atoms with Crippen LogP contribution in [0.4, 0.5) is 5.69 Å². The van der Waals surface area contributed by atoms with Crippen molar-refractivity contribution in [2.75, 3.05) is 18.5 Å². The van der Waals surface area contributed by atoms with E-state index in [1.165, 1.54) is 5.56 Å². The fraction of sp³-hybridized carbons (Fsp3) is 0.208. The Labute approximate surface area is 165 Å². The van der Waals surface area contributed by atoms with Crippen molar-refractivity contribution in [1.29, 1.82) is 0 Å². The topological polar surface area (TPSA) is 41.6 Å². The van der Waals surface area contributed by atoms with E-state index in [0.717, 1.165) is 23.4 Å². The number of benzene rings is 3. The Morgan fingerprint density at radius 3 is 2.57 bits per heavy atom. The lowest BCUT2D eigenvalue weighted by atomic mass is 10.0. The number of fused-ring (bicyclic) bond motifs is 1. The highest BCUT2D eigenvalue weighted by Crippen LogP contribution is 2.34. The Kier molecular flexibility index (Phi) is 5.29. The molecule has 0 saturated heterocycles. The smallest absolute Gasteiger partial charge is 0.257 e. The monoisotopic (exact) mass is 372 g/mol. The van der Waals surface area contributed by atoms with Crippen LogP contribution in [0.3, 0.4) is 0 Å². The molecule has 0 aliphatic carbocycles. The number of nitrogens with zero attached hydrogens (tertiary/aromatic N) is 1. The average molecular weight is 372 g/mol. The van der Waals surface area contributed by atoms with Gasteiger partial charge in [-0.2, -0.15) is 0 Å². The third kappa shape index (κ3) is 3.72. The fourth-order valence-corrected chi connectivity index (χ4v) is 3.62. The quantitative estimate of drug-likeness (QED) is 0.669. The van der Waals surface area contributed by atoms with Gasteiger partial charge in [-0.25, -0.2) is 0 Å². The first kappa shape index (κ1) is 18.1. The Morgan fingerprint density at radius 2 is 1.75 bits per heavy atom. The molecular weight excluding hydrogens is 348 g/mol. The molecule has 0 saturated carbocycles. The Bertz CT molecular complexity index is 956. The molecule has 1 atom stereocenters. The van der Waals surface area contributed by atoms with Gasteiger partial charge in [-0.15, -0.1) is 0 Å². The van der Waals surface area contributed by atoms with E-state index in [0.29, 0.717) is 18.7 Å². The molecule has 142 valence electrons. The van der Waals surface area contributed by atoms with Crippen molar-refractivity contribution < 1.29 is 9.53 Å². The zero-order valence-electron chi connectivity index (χ0n) is 16.0. The molecule has 1 aliphatic heterocycles. The molecule has 1 aliphatic rings. The molecule has 4 nitrogen and oxygen atoms in total. The second kappa shape index (κ2) is 8.17. The molecule has 1 unspecified atom stereocenters. The molecule has 3 aromatic carbocycles. The van der Waals surface area contributed by atoms with Gasteiger partial charge in [0.05, 0.1) is 12.2 Å². The summed E-state index contributed by atoms with van der Waals surface area (Å²) in [5.41, 5.74) is 3.82. The standard InChI is InChI=1S/C24H24N2O2/c1-2-28-20-12-8-11-19(17-20)23-25-22-14-7-6-13-21(22)24(27)26(23)16-15-18-9-4-3-5-10-18/h3-14,17,23,25H,2,15-16H2,1H3. The molecule has 1 N–H and O–H groups in total. The SMILES string of the molecule is CCOc1cccc(C2Nc3ccccc3C(=O)N2CCc2ccccc2)c1. The minimum atomic E-state index is -0.230. The maximum absolute atomic E-state index is 13.3. The zero-order valence-corrected chi connectivity index (χ0v) is 16.0. The maximum atomic E-state index is 13.3. The highest BCUT2D eigenvalue weighted by Gasteiger charge is 2.32. The largest absolute Gasteiger partial charge is 0.494 e. The van der Waals surface area contributed by atoms with E-state index in [9.17, 15) is 4.79 Å². The molecule has 0 bridgehead atoms. The number of hydrogen-bond donors (Lipinski definition) is 1. The number of carbonyl (C=O) groups is 1. The number of anilines is 1. The maximum Gasteiger partial charge on any atom is 0.257 e. The lowest BCUT2D eigenvalue weighted by Gasteiger charge is -2.38. The minimum Gasteiger partial charge on any atom is -0.494 e. The van der Waals surface area contributed by atoms with Crippen LogP contribution in [0.2, 0.25) is 0 Å². The zero-order chi connectivity index (χ0) is 19.3. The second-order valence-electron chi connectivity index (χ2n) is 6.83. The van der Waals surface area contributed by atoms with Gasteiger partial charge in [0.15, 0.2) is 0 Å². The van der Waals surface area contributed by atoms with Crippen molar-refractivity contribution in [3.63, 3.8) is 0 Å². The van der Waals surface area contributed by atoms with E-state index in [-0.39, 0.29) is 12.1 Å². The number of nitrogens with one attached hydrogen (secondary N) is 1. The van der Waals surface area contributed by atoms with Crippen LogP contribution >= 0.6 is 0 Å². The first-order chi connectivity index (χ1) is 13.8. The summed E-state index contributed by atoms with van der Waals surface area (Å²) in [5, 5.41) is 3.55. The summed E-state index contributed by atoms with van der Waals surface area (Å²) in [7, 11) is 0. The summed E-state index contributed by atoms with van der Waals surface area (Å²) < 4.78 is 5.67. The summed E-state index contributed by atoms with van der Waals surface area (Å²) >= 11 is 0. The molecule has 1 heterocycles. The number of amides is 1. The van der Waals surface area contributed by atoms with Gasteiger partial charge in [-0.1, -0.05) is 54.6 Å². The van der Waals surface area contributed by atoms with E-state index in [4.69, 9.17) is 4.74 Å². The second-order valence-corrected chi connectivity index (χ2v) is 6.83. The third-order valence-electron chi connectivity index (χ3n) is 4.99. The predicted molar refractivity (Wildman–Crippen MR) is 112 cm³/mol. The van der Waals surface area contributed by atoms with Crippen molar-refractivity contribution >= 4 is 11.6 Å². The molecule has 28 heavy (non-hydrogen) atoms. The Morgan fingerprint density at radius 1 is 0.964 bits per heavy atom. The van der Waals surface area contributed by atoms with Crippen molar-refractivity contribution in [1.82, 2.24) is 4.90 Å². The summed E-state index contributed by atoms with van der Waals surface area (Å²) in [6, 6.07) is 25.9. The number of ether oxygens (including phenoxy) is 1. The van der Waals surface area contributed by atoms with Crippen LogP contribution in [-0.4, -0.2) is 24.0 Å². The molecule has 0 spiro atoms. The van der Waals surface area contributed by atoms with Crippen molar-refractivity contribution in [3.05, 3.63) is 95.6 Å². The lowest BCUT2D eigenvalue weighted by molar-refractivity contribution is 0.0685. The van der Waals surface area contributed by atoms with E-state index in [1.54, 1.807) is 0 Å². The van der Waals surface area contributed by atoms with Gasteiger partial charge >= 0.3 is 0 Å². The summed E-state index contributed by atoms with van der Waals surface area (Å²) in [5.74, 6) is 0.869. The van der Waals surface area contributed by atoms with Crippen LogP contribution in [0.1, 0.15) is 34.6 Å². The van der Waals surface area contributed by atoms with Gasteiger partial charge < -0.3 is 15.0 Å². The molecule has 4 heteroatoms. The number of carbonyl (C=O) groups excluding carboxylic acids is 1. The van der Waals surface area contributed by atoms with Gasteiger partial charge in [0.2, 0.25) is 0 Å². The van der Waals surface area contributed by atoms with Crippen molar-refractivity contribution in [2.45, 2.75) is 19.5 Å². The molecule has 3 aromatic rings. The predicted octanol–water partition coefficient (Wildman–Crippen LogP) is 4.89. The molecule has 1 amide bonds. The van der Waals surface area contributed by atoms with E-state index >= 15 is 0 Å². The van der Waals surface area contributed by atoms with Crippen LogP contribution < -0.4 is 10.1 Å². The van der Waals surface area contributed by atoms with Gasteiger partial charge in [0.25, 0.3) is 5.91 Å². The van der Waals surface area contributed by atoms with E-state index in [1.807, 2.05) is 78.6 Å². The van der Waals surface area contributed by atoms with Gasteiger partial charge in [0.1, 0.15) is 11.9 Å². The average Bonchev–Trinajstić information content (AvgIpc) is 2.74. The van der Waals surface area contributed by atoms with Crippen molar-refractivity contribution in [3.8, 4) is 5.75 Å². The van der Waals surface area contributed by atoms with Gasteiger partial charge in [-0.3, -0.25) is 4.79 Å². The van der Waals surface area contributed by atoms with Crippen LogP contribution in [0, 0.1) is 0 Å². The normalized spacial score (nSPS) is 15.7. The highest BCUT2D eigenvalue weighted by atomic mass is 16.5. The summed E-state index contributed by atoms with van der Waals surface area (Å²) in [6.45, 7) is 3.21. The fourth-order valence-electron chi connectivity index (χ4n) is 3.62. The van der Waals surface area contributed by atoms with Crippen molar-refractivity contribution in [2.24, 2.45) is 0 Å². The Balaban J connectivity index is 1.66. The number of para-hydroxylation sites is 1. The van der Waals surface area contributed by atoms with Crippen LogP contribution in [0.15, 0.2) is 78.9 Å². The Hall–Kier alpha value is -3.27.